The molecule has 1 aromatic carbocycles. The number of hydrogen-bond donors (Lipinski definition) is 2. The summed E-state index contributed by atoms with van der Waals surface area (Å²) in [6.07, 6.45) is -1.30. The van der Waals surface area contributed by atoms with Crippen LogP contribution in [0.4, 0.5) is 26.4 Å². The van der Waals surface area contributed by atoms with Gasteiger partial charge in [0, 0.05) is 19.6 Å². The lowest BCUT2D eigenvalue weighted by Crippen LogP contribution is -2.43. The van der Waals surface area contributed by atoms with E-state index in [9.17, 15) is 24.1 Å². The van der Waals surface area contributed by atoms with Crippen molar-refractivity contribution in [3.05, 3.63) is 52.0 Å². The minimum atomic E-state index is -0.730. The van der Waals surface area contributed by atoms with Crippen molar-refractivity contribution in [2.24, 2.45) is 0 Å². The number of hydrogen-bond acceptors (Lipinski definition) is 9. The van der Waals surface area contributed by atoms with Gasteiger partial charge >= 0.3 is 17.9 Å². The molecular weight excluding hydrogens is 429 g/mol. The first kappa shape index (κ1) is 21.5. The second kappa shape index (κ2) is 8.80. The Bertz CT molecular complexity index is 1040. The molecule has 13 heteroatoms. The molecule has 2 aromatic rings. The number of anilines is 2. The highest BCUT2D eigenvalue weighted by molar-refractivity contribution is 5.91. The first-order chi connectivity index (χ1) is 15.4. The van der Waals surface area contributed by atoms with Crippen molar-refractivity contribution in [3.63, 3.8) is 0 Å². The third-order valence-electron chi connectivity index (χ3n) is 5.17. The molecule has 1 atom stereocenters. The van der Waals surface area contributed by atoms with E-state index >= 15 is 0 Å². The third-order valence-corrected chi connectivity index (χ3v) is 5.17. The van der Waals surface area contributed by atoms with Crippen LogP contribution < -0.4 is 15.2 Å². The number of amides is 2. The Hall–Kier alpha value is -3.71. The number of nitro groups is 1. The molecule has 0 saturated carbocycles. The van der Waals surface area contributed by atoms with E-state index in [0.29, 0.717) is 24.5 Å². The number of benzene rings is 1. The quantitative estimate of drug-likeness (QED) is 0.507. The van der Waals surface area contributed by atoms with E-state index in [1.807, 2.05) is 0 Å². The van der Waals surface area contributed by atoms with Gasteiger partial charge < -0.3 is 19.2 Å². The molecule has 0 aliphatic carbocycles. The molecular formula is C19H20FN5O7. The molecule has 4 rings (SSSR count). The maximum absolute atomic E-state index is 14.9. The van der Waals surface area contributed by atoms with Gasteiger partial charge in [0.05, 0.1) is 37.1 Å². The van der Waals surface area contributed by atoms with Gasteiger partial charge in [0.1, 0.15) is 16.8 Å². The molecule has 2 aliphatic heterocycles. The number of aliphatic hydroxyl groups is 1. The van der Waals surface area contributed by atoms with Crippen molar-refractivity contribution in [2.75, 3.05) is 49.1 Å². The van der Waals surface area contributed by atoms with Gasteiger partial charge in [-0.15, -0.1) is 0 Å². The second-order valence-electron chi connectivity index (χ2n) is 7.18. The lowest BCUT2D eigenvalue weighted by molar-refractivity contribution is -0.402. The number of cyclic esters (lactones) is 1. The summed E-state index contributed by atoms with van der Waals surface area (Å²) in [7, 11) is 0. The molecule has 0 spiro atoms. The molecule has 2 N–H and O–H groups in total. The Morgan fingerprint density at radius 3 is 2.75 bits per heavy atom. The van der Waals surface area contributed by atoms with Gasteiger partial charge in [0.25, 0.3) is 0 Å². The van der Waals surface area contributed by atoms with Crippen LogP contribution in [-0.2, 0) is 4.74 Å². The zero-order chi connectivity index (χ0) is 22.8. The Balaban J connectivity index is 1.43. The highest BCUT2D eigenvalue weighted by Gasteiger charge is 2.32. The van der Waals surface area contributed by atoms with Crippen molar-refractivity contribution in [2.45, 2.75) is 6.10 Å². The molecule has 0 bridgehead atoms. The molecule has 12 nitrogen and oxygen atoms in total. The average Bonchev–Trinajstić information content (AvgIpc) is 3.34. The van der Waals surface area contributed by atoms with E-state index in [1.54, 1.807) is 11.0 Å². The molecule has 0 radical (unpaired) electrons. The topological polar surface area (TPSA) is 142 Å². The summed E-state index contributed by atoms with van der Waals surface area (Å²) in [5.41, 5.74) is 3.52. The Morgan fingerprint density at radius 1 is 1.28 bits per heavy atom. The Kier molecular flexibility index (Phi) is 5.92. The van der Waals surface area contributed by atoms with E-state index < -0.39 is 34.7 Å². The van der Waals surface area contributed by atoms with Crippen molar-refractivity contribution in [3.8, 4) is 0 Å². The van der Waals surface area contributed by atoms with Crippen LogP contribution in [0.25, 0.3) is 0 Å². The van der Waals surface area contributed by atoms with Crippen molar-refractivity contribution < 1.29 is 33.2 Å². The number of aliphatic hydroxyl groups excluding tert-OH is 1. The van der Waals surface area contributed by atoms with Gasteiger partial charge in [-0.3, -0.25) is 24.8 Å². The first-order valence-corrected chi connectivity index (χ1v) is 9.80. The van der Waals surface area contributed by atoms with Gasteiger partial charge in [-0.2, -0.15) is 0 Å². The largest absolute Gasteiger partial charge is 0.441 e. The number of rotatable bonds is 5. The summed E-state index contributed by atoms with van der Waals surface area (Å²) in [6.45, 7) is 0.971. The highest BCUT2D eigenvalue weighted by atomic mass is 19.1. The standard InChI is InChI=1S/C19H20FN5O7/c20-14-9-12(23-10-13(11-26)31-19(23)28)1-2-15(14)22-6-5-21-24(8-7-22)18(27)16-3-4-17(32-16)25(29)30/h1-4,9,13,21,26H,5-8,10-11H2. The molecule has 2 aliphatic rings. The molecule has 32 heavy (non-hydrogen) atoms. The first-order valence-electron chi connectivity index (χ1n) is 9.80. The maximum atomic E-state index is 14.9. The number of ether oxygens (including phenoxy) is 1. The Morgan fingerprint density at radius 2 is 2.09 bits per heavy atom. The maximum Gasteiger partial charge on any atom is 0.433 e. The molecule has 2 saturated heterocycles. The van der Waals surface area contributed by atoms with E-state index in [0.717, 1.165) is 6.07 Å². The van der Waals surface area contributed by atoms with Gasteiger partial charge in [0.2, 0.25) is 5.76 Å². The SMILES string of the molecule is O=C(c1ccc([N+](=O)[O-])o1)N1CCN(c2ccc(N3CC(CO)OC3=O)cc2F)CCN1. The molecule has 2 amide bonds. The number of nitrogens with one attached hydrogen (secondary N) is 1. The van der Waals surface area contributed by atoms with Crippen LogP contribution in [0.2, 0.25) is 0 Å². The van der Waals surface area contributed by atoms with E-state index in [-0.39, 0.29) is 32.0 Å². The van der Waals surface area contributed by atoms with Crippen LogP contribution in [0.1, 0.15) is 10.6 Å². The summed E-state index contributed by atoms with van der Waals surface area (Å²) >= 11 is 0. The smallest absolute Gasteiger partial charge is 0.433 e. The lowest BCUT2D eigenvalue weighted by atomic mass is 10.2. The van der Waals surface area contributed by atoms with Crippen molar-refractivity contribution >= 4 is 29.3 Å². The van der Waals surface area contributed by atoms with Crippen molar-refractivity contribution in [1.82, 2.24) is 10.4 Å². The van der Waals surface area contributed by atoms with Crippen LogP contribution in [-0.4, -0.2) is 72.5 Å². The summed E-state index contributed by atoms with van der Waals surface area (Å²) in [6, 6.07) is 6.68. The van der Waals surface area contributed by atoms with Crippen LogP contribution in [0.5, 0.6) is 0 Å². The average molecular weight is 449 g/mol. The Labute approximate surface area is 180 Å². The molecule has 1 aromatic heterocycles. The normalized spacial score (nSPS) is 19.1. The molecule has 3 heterocycles. The number of halogens is 1. The summed E-state index contributed by atoms with van der Waals surface area (Å²) in [5.74, 6) is -1.82. The third kappa shape index (κ3) is 4.20. The number of nitrogens with zero attached hydrogens (tertiary/aromatic N) is 4. The number of furan rings is 1. The zero-order valence-corrected chi connectivity index (χ0v) is 16.8. The summed E-state index contributed by atoms with van der Waals surface area (Å²) in [5, 5.41) is 21.2. The number of carbonyl (C=O) groups excluding carboxylic acids is 2. The monoisotopic (exact) mass is 449 g/mol. The van der Waals surface area contributed by atoms with Gasteiger partial charge in [-0.05, 0) is 24.3 Å². The van der Waals surface area contributed by atoms with Crippen LogP contribution in [0.3, 0.4) is 0 Å². The van der Waals surface area contributed by atoms with Gasteiger partial charge in [-0.1, -0.05) is 0 Å². The second-order valence-corrected chi connectivity index (χ2v) is 7.18. The van der Waals surface area contributed by atoms with E-state index in [1.165, 1.54) is 28.1 Å². The molecule has 1 unspecified atom stereocenters. The van der Waals surface area contributed by atoms with E-state index in [2.05, 4.69) is 5.43 Å². The van der Waals surface area contributed by atoms with Gasteiger partial charge in [0.15, 0.2) is 0 Å². The fourth-order valence-electron chi connectivity index (χ4n) is 3.57. The zero-order valence-electron chi connectivity index (χ0n) is 16.8. The predicted molar refractivity (Wildman–Crippen MR) is 108 cm³/mol. The van der Waals surface area contributed by atoms with Crippen LogP contribution in [0.15, 0.2) is 34.7 Å². The number of hydrazine groups is 1. The highest BCUT2D eigenvalue weighted by Crippen LogP contribution is 2.28. The summed E-state index contributed by atoms with van der Waals surface area (Å²) < 4.78 is 24.8. The van der Waals surface area contributed by atoms with Crippen molar-refractivity contribution in [1.29, 1.82) is 0 Å². The summed E-state index contributed by atoms with van der Waals surface area (Å²) in [4.78, 5) is 37.5. The minimum Gasteiger partial charge on any atom is -0.441 e. The van der Waals surface area contributed by atoms with Gasteiger partial charge in [-0.25, -0.2) is 14.6 Å². The van der Waals surface area contributed by atoms with Crippen LogP contribution in [0, 0.1) is 15.9 Å². The fraction of sp³-hybridized carbons (Fsp3) is 0.368. The van der Waals surface area contributed by atoms with E-state index in [4.69, 9.17) is 14.3 Å². The molecule has 170 valence electrons. The fourth-order valence-corrected chi connectivity index (χ4v) is 3.57. The molecule has 2 fully saturated rings. The van der Waals surface area contributed by atoms with Crippen LogP contribution >= 0.6 is 0 Å². The predicted octanol–water partition coefficient (Wildman–Crippen LogP) is 1.11. The minimum absolute atomic E-state index is 0.129. The number of carbonyl (C=O) groups is 2. The lowest BCUT2D eigenvalue weighted by Gasteiger charge is -2.24.